The number of aromatic nitrogens is 2. The number of nitrogens with one attached hydrogen (secondary N) is 2. The van der Waals surface area contributed by atoms with Crippen molar-refractivity contribution >= 4 is 23.2 Å². The summed E-state index contributed by atoms with van der Waals surface area (Å²) < 4.78 is 14.6. The maximum Gasteiger partial charge on any atom is 0.255 e. The second kappa shape index (κ2) is 7.82. The molecule has 0 aliphatic rings. The van der Waals surface area contributed by atoms with Crippen LogP contribution in [0.4, 0.5) is 21.7 Å². The Hall–Kier alpha value is -3.48. The Balaban J connectivity index is 1.85. The van der Waals surface area contributed by atoms with E-state index in [2.05, 4.69) is 15.6 Å². The van der Waals surface area contributed by atoms with E-state index in [1.165, 1.54) is 22.8 Å². The van der Waals surface area contributed by atoms with Crippen molar-refractivity contribution in [1.82, 2.24) is 9.55 Å². The molecule has 0 fully saturated rings. The van der Waals surface area contributed by atoms with Gasteiger partial charge in [0.2, 0.25) is 11.9 Å². The van der Waals surface area contributed by atoms with Crippen molar-refractivity contribution in [1.29, 1.82) is 0 Å². The van der Waals surface area contributed by atoms with E-state index in [1.807, 2.05) is 25.1 Å². The molecule has 0 radical (unpaired) electrons. The molecule has 2 aromatic carbocycles. The number of rotatable bonds is 5. The molecule has 0 saturated carbocycles. The van der Waals surface area contributed by atoms with Gasteiger partial charge in [0.25, 0.3) is 5.56 Å². The molecular formula is C20H19FN4O2. The van der Waals surface area contributed by atoms with Crippen LogP contribution in [0.25, 0.3) is 0 Å². The van der Waals surface area contributed by atoms with Crippen LogP contribution >= 0.6 is 0 Å². The van der Waals surface area contributed by atoms with E-state index in [0.29, 0.717) is 17.1 Å². The van der Waals surface area contributed by atoms with Gasteiger partial charge in [-0.3, -0.25) is 14.2 Å². The zero-order valence-electron chi connectivity index (χ0n) is 15.0. The van der Waals surface area contributed by atoms with Crippen molar-refractivity contribution in [3.05, 3.63) is 82.0 Å². The monoisotopic (exact) mass is 366 g/mol. The van der Waals surface area contributed by atoms with Crippen LogP contribution in [0.2, 0.25) is 0 Å². The van der Waals surface area contributed by atoms with Gasteiger partial charge in [-0.2, -0.15) is 0 Å². The van der Waals surface area contributed by atoms with E-state index in [4.69, 9.17) is 0 Å². The average molecular weight is 366 g/mol. The number of benzene rings is 2. The molecule has 1 heterocycles. The van der Waals surface area contributed by atoms with Gasteiger partial charge in [-0.05, 0) is 49.7 Å². The number of nitrogens with zero attached hydrogens (tertiary/aromatic N) is 2. The van der Waals surface area contributed by atoms with E-state index in [0.717, 1.165) is 5.56 Å². The molecule has 0 aliphatic heterocycles. The number of amides is 1. The highest BCUT2D eigenvalue weighted by molar-refractivity contribution is 5.90. The van der Waals surface area contributed by atoms with Crippen LogP contribution in [-0.2, 0) is 11.3 Å². The smallest absolute Gasteiger partial charge is 0.255 e. The Bertz CT molecular complexity index is 1050. The first-order valence-corrected chi connectivity index (χ1v) is 8.38. The molecule has 1 amide bonds. The number of hydrogen-bond acceptors (Lipinski definition) is 4. The molecule has 7 heteroatoms. The van der Waals surface area contributed by atoms with Crippen molar-refractivity contribution in [2.45, 2.75) is 20.4 Å². The third-order valence-corrected chi connectivity index (χ3v) is 3.82. The minimum Gasteiger partial charge on any atom is -0.325 e. The molecule has 0 atom stereocenters. The Kier molecular flexibility index (Phi) is 5.30. The highest BCUT2D eigenvalue weighted by Gasteiger charge is 2.12. The summed E-state index contributed by atoms with van der Waals surface area (Å²) in [6, 6.07) is 14.5. The predicted octanol–water partition coefficient (Wildman–Crippen LogP) is 3.38. The molecule has 0 saturated heterocycles. The Labute approximate surface area is 155 Å². The van der Waals surface area contributed by atoms with Gasteiger partial charge in [0, 0.05) is 23.1 Å². The summed E-state index contributed by atoms with van der Waals surface area (Å²) in [5.41, 5.74) is 2.21. The van der Waals surface area contributed by atoms with E-state index in [1.54, 1.807) is 25.1 Å². The highest BCUT2D eigenvalue weighted by Crippen LogP contribution is 2.15. The molecule has 0 aliphatic carbocycles. The summed E-state index contributed by atoms with van der Waals surface area (Å²) in [6.45, 7) is 3.37. The van der Waals surface area contributed by atoms with Crippen LogP contribution in [0, 0.1) is 19.7 Å². The van der Waals surface area contributed by atoms with Gasteiger partial charge in [0.1, 0.15) is 12.4 Å². The maximum atomic E-state index is 13.4. The zero-order chi connectivity index (χ0) is 19.4. The molecule has 138 valence electrons. The van der Waals surface area contributed by atoms with Crippen LogP contribution in [0.5, 0.6) is 0 Å². The first-order valence-electron chi connectivity index (χ1n) is 8.38. The lowest BCUT2D eigenvalue weighted by atomic mass is 10.2. The molecule has 1 aromatic heterocycles. The number of carbonyl (C=O) groups excluding carboxylic acids is 1. The maximum absolute atomic E-state index is 13.4. The van der Waals surface area contributed by atoms with Gasteiger partial charge in [-0.15, -0.1) is 0 Å². The zero-order valence-corrected chi connectivity index (χ0v) is 15.0. The van der Waals surface area contributed by atoms with Crippen LogP contribution in [0.3, 0.4) is 0 Å². The molecule has 0 spiro atoms. The van der Waals surface area contributed by atoms with Crippen molar-refractivity contribution < 1.29 is 9.18 Å². The van der Waals surface area contributed by atoms with Crippen LogP contribution in [0.1, 0.15) is 11.3 Å². The van der Waals surface area contributed by atoms with E-state index < -0.39 is 5.82 Å². The van der Waals surface area contributed by atoms with Gasteiger partial charge in [-0.1, -0.05) is 18.2 Å². The lowest BCUT2D eigenvalue weighted by Crippen LogP contribution is -2.30. The SMILES string of the molecule is Cc1cccc(NC(=O)Cn2c(Nc3cccc(F)c3)nc(C)cc2=O)c1. The average Bonchev–Trinajstić information content (AvgIpc) is 2.58. The Morgan fingerprint density at radius 1 is 1.07 bits per heavy atom. The van der Waals surface area contributed by atoms with Gasteiger partial charge < -0.3 is 10.6 Å². The Morgan fingerprint density at radius 2 is 1.81 bits per heavy atom. The largest absolute Gasteiger partial charge is 0.325 e. The van der Waals surface area contributed by atoms with Gasteiger partial charge in [0.05, 0.1) is 0 Å². The fourth-order valence-electron chi connectivity index (χ4n) is 2.63. The second-order valence-corrected chi connectivity index (χ2v) is 6.20. The molecule has 3 aromatic rings. The first kappa shape index (κ1) is 18.3. The van der Waals surface area contributed by atoms with Crippen LogP contribution < -0.4 is 16.2 Å². The van der Waals surface area contributed by atoms with Gasteiger partial charge in [0.15, 0.2) is 0 Å². The standard InChI is InChI=1S/C20H19FN4O2/c1-13-5-3-7-16(9-13)23-18(26)12-25-19(27)10-14(2)22-20(25)24-17-8-4-6-15(21)11-17/h3-11H,12H2,1-2H3,(H,22,24)(H,23,26). The minimum atomic E-state index is -0.418. The van der Waals surface area contributed by atoms with E-state index in [9.17, 15) is 14.0 Å². The van der Waals surface area contributed by atoms with Gasteiger partial charge >= 0.3 is 0 Å². The van der Waals surface area contributed by atoms with E-state index in [-0.39, 0.29) is 24.0 Å². The lowest BCUT2D eigenvalue weighted by molar-refractivity contribution is -0.116. The Morgan fingerprint density at radius 3 is 2.56 bits per heavy atom. The summed E-state index contributed by atoms with van der Waals surface area (Å²) in [5.74, 6) is -0.612. The number of carbonyl (C=O) groups is 1. The number of anilines is 3. The molecular weight excluding hydrogens is 347 g/mol. The third kappa shape index (κ3) is 4.78. The normalized spacial score (nSPS) is 10.5. The summed E-state index contributed by atoms with van der Waals surface area (Å²) in [7, 11) is 0. The van der Waals surface area contributed by atoms with Crippen molar-refractivity contribution in [3.8, 4) is 0 Å². The van der Waals surface area contributed by atoms with Crippen molar-refractivity contribution in [2.75, 3.05) is 10.6 Å². The molecule has 27 heavy (non-hydrogen) atoms. The minimum absolute atomic E-state index is 0.171. The summed E-state index contributed by atoms with van der Waals surface area (Å²) >= 11 is 0. The predicted molar refractivity (Wildman–Crippen MR) is 103 cm³/mol. The van der Waals surface area contributed by atoms with Crippen LogP contribution in [-0.4, -0.2) is 15.5 Å². The molecule has 3 rings (SSSR count). The molecule has 6 nitrogen and oxygen atoms in total. The third-order valence-electron chi connectivity index (χ3n) is 3.82. The molecule has 0 unspecified atom stereocenters. The quantitative estimate of drug-likeness (QED) is 0.726. The van der Waals surface area contributed by atoms with Crippen molar-refractivity contribution in [2.24, 2.45) is 0 Å². The fraction of sp³-hybridized carbons (Fsp3) is 0.150. The first-order chi connectivity index (χ1) is 12.9. The number of aryl methyl sites for hydroxylation is 2. The second-order valence-electron chi connectivity index (χ2n) is 6.20. The summed E-state index contributed by atoms with van der Waals surface area (Å²) in [4.78, 5) is 29.1. The summed E-state index contributed by atoms with van der Waals surface area (Å²) in [6.07, 6.45) is 0. The fourth-order valence-corrected chi connectivity index (χ4v) is 2.63. The summed E-state index contributed by atoms with van der Waals surface area (Å²) in [5, 5.41) is 5.66. The number of halogens is 1. The molecule has 0 bridgehead atoms. The lowest BCUT2D eigenvalue weighted by Gasteiger charge is -2.14. The number of hydrogen-bond donors (Lipinski definition) is 2. The van der Waals surface area contributed by atoms with Crippen LogP contribution in [0.15, 0.2) is 59.4 Å². The van der Waals surface area contributed by atoms with E-state index >= 15 is 0 Å². The van der Waals surface area contributed by atoms with Crippen molar-refractivity contribution in [3.63, 3.8) is 0 Å². The highest BCUT2D eigenvalue weighted by atomic mass is 19.1. The topological polar surface area (TPSA) is 76.0 Å². The molecule has 2 N–H and O–H groups in total. The van der Waals surface area contributed by atoms with Gasteiger partial charge in [-0.25, -0.2) is 9.37 Å².